The van der Waals surface area contributed by atoms with Crippen molar-refractivity contribution in [1.29, 1.82) is 0 Å². The normalized spacial score (nSPS) is 18.9. The third-order valence-corrected chi connectivity index (χ3v) is 4.68. The fraction of sp³-hybridized carbons (Fsp3) is 0.533. The van der Waals surface area contributed by atoms with Crippen LogP contribution in [0.1, 0.15) is 25.7 Å². The summed E-state index contributed by atoms with van der Waals surface area (Å²) in [5.41, 5.74) is 6.56. The molecule has 0 saturated carbocycles. The molecule has 2 rings (SSSR count). The van der Waals surface area contributed by atoms with E-state index >= 15 is 0 Å². The molecule has 118 valence electrons. The van der Waals surface area contributed by atoms with Gasteiger partial charge >= 0.3 is 0 Å². The number of para-hydroxylation sites is 1. The number of carbonyl (C=O) groups is 1. The summed E-state index contributed by atoms with van der Waals surface area (Å²) in [6.45, 7) is 2.17. The van der Waals surface area contributed by atoms with Crippen LogP contribution < -0.4 is 11.1 Å². The van der Waals surface area contributed by atoms with Gasteiger partial charge in [0.25, 0.3) is 0 Å². The van der Waals surface area contributed by atoms with E-state index in [1.54, 1.807) is 0 Å². The van der Waals surface area contributed by atoms with Crippen LogP contribution in [-0.4, -0.2) is 36.5 Å². The molecule has 1 fully saturated rings. The Labute approximate surface area is 146 Å². The molecule has 21 heavy (non-hydrogen) atoms. The summed E-state index contributed by atoms with van der Waals surface area (Å²) < 4.78 is 1.07. The molecule has 0 radical (unpaired) electrons. The molecule has 1 aromatic rings. The smallest absolute Gasteiger partial charge is 0.238 e. The van der Waals surface area contributed by atoms with Gasteiger partial charge in [-0.1, -0.05) is 18.6 Å². The van der Waals surface area contributed by atoms with Crippen LogP contribution in [0, 0.1) is 3.57 Å². The van der Waals surface area contributed by atoms with Gasteiger partial charge in [-0.25, -0.2) is 0 Å². The maximum atomic E-state index is 12.2. The largest absolute Gasteiger partial charge is 0.330 e. The van der Waals surface area contributed by atoms with E-state index in [0.717, 1.165) is 28.6 Å². The molecule has 1 unspecified atom stereocenters. The van der Waals surface area contributed by atoms with Gasteiger partial charge < -0.3 is 11.1 Å². The molecule has 1 aliphatic heterocycles. The number of rotatable bonds is 5. The third-order valence-electron chi connectivity index (χ3n) is 3.74. The number of nitrogens with one attached hydrogen (secondary N) is 1. The van der Waals surface area contributed by atoms with Crippen LogP contribution in [-0.2, 0) is 4.79 Å². The summed E-state index contributed by atoms with van der Waals surface area (Å²) >= 11 is 2.24. The van der Waals surface area contributed by atoms with Crippen molar-refractivity contribution in [3.63, 3.8) is 0 Å². The summed E-state index contributed by atoms with van der Waals surface area (Å²) in [6, 6.07) is 8.31. The van der Waals surface area contributed by atoms with E-state index < -0.39 is 0 Å². The predicted molar refractivity (Wildman–Crippen MR) is 97.9 cm³/mol. The Bertz CT molecular complexity index is 456. The molecular weight excluding hydrogens is 401 g/mol. The van der Waals surface area contributed by atoms with Gasteiger partial charge in [0.05, 0.1) is 12.2 Å². The zero-order valence-electron chi connectivity index (χ0n) is 12.1. The lowest BCUT2D eigenvalue weighted by Crippen LogP contribution is -2.44. The van der Waals surface area contributed by atoms with Crippen molar-refractivity contribution in [3.05, 3.63) is 27.8 Å². The number of hydrogen-bond donors (Lipinski definition) is 2. The molecule has 1 atom stereocenters. The average molecular weight is 424 g/mol. The van der Waals surface area contributed by atoms with Gasteiger partial charge in [0.1, 0.15) is 0 Å². The number of nitrogens with zero attached hydrogens (tertiary/aromatic N) is 1. The van der Waals surface area contributed by atoms with Gasteiger partial charge in [-0.15, -0.1) is 12.4 Å². The molecule has 0 aliphatic carbocycles. The summed E-state index contributed by atoms with van der Waals surface area (Å²) in [5.74, 6) is 0.0676. The molecule has 1 aliphatic rings. The van der Waals surface area contributed by atoms with Crippen LogP contribution in [0.4, 0.5) is 5.69 Å². The number of piperidine rings is 1. The Morgan fingerprint density at radius 2 is 2.14 bits per heavy atom. The van der Waals surface area contributed by atoms with Crippen LogP contribution >= 0.6 is 35.0 Å². The van der Waals surface area contributed by atoms with Gasteiger partial charge in [-0.3, -0.25) is 9.69 Å². The van der Waals surface area contributed by atoms with E-state index in [1.807, 2.05) is 24.3 Å². The first kappa shape index (κ1) is 18.7. The molecule has 1 heterocycles. The van der Waals surface area contributed by atoms with Gasteiger partial charge in [-0.05, 0) is 67.1 Å². The molecule has 1 saturated heterocycles. The summed E-state index contributed by atoms with van der Waals surface area (Å²) in [6.07, 6.45) is 4.57. The molecule has 4 nitrogen and oxygen atoms in total. The van der Waals surface area contributed by atoms with Gasteiger partial charge in [0.2, 0.25) is 5.91 Å². The lowest BCUT2D eigenvalue weighted by Gasteiger charge is -2.35. The monoisotopic (exact) mass is 423 g/mol. The van der Waals surface area contributed by atoms with Crippen LogP contribution in [0.25, 0.3) is 0 Å². The maximum absolute atomic E-state index is 12.2. The van der Waals surface area contributed by atoms with Crippen molar-refractivity contribution in [2.45, 2.75) is 31.7 Å². The second kappa shape index (κ2) is 9.61. The second-order valence-corrected chi connectivity index (χ2v) is 6.39. The van der Waals surface area contributed by atoms with Crippen molar-refractivity contribution in [2.75, 3.05) is 25.0 Å². The fourth-order valence-electron chi connectivity index (χ4n) is 2.72. The van der Waals surface area contributed by atoms with Crippen molar-refractivity contribution in [3.8, 4) is 0 Å². The molecule has 0 spiro atoms. The molecule has 1 aromatic carbocycles. The van der Waals surface area contributed by atoms with E-state index in [4.69, 9.17) is 5.73 Å². The molecule has 1 amide bonds. The predicted octanol–water partition coefficient (Wildman–Crippen LogP) is 2.85. The standard InChI is InChI=1S/C15H22IN3O.ClH/c16-13-6-1-2-7-14(13)18-15(20)11-19-10-4-3-5-12(19)8-9-17;/h1-2,6-7,12H,3-5,8-11,17H2,(H,18,20);1H. The number of nitrogens with two attached hydrogens (primary N) is 1. The van der Waals surface area contributed by atoms with Gasteiger partial charge in [0, 0.05) is 9.61 Å². The highest BCUT2D eigenvalue weighted by Gasteiger charge is 2.23. The number of anilines is 1. The SMILES string of the molecule is Cl.NCCC1CCCCN1CC(=O)Nc1ccccc1I. The number of benzene rings is 1. The first-order valence-corrected chi connectivity index (χ1v) is 8.27. The number of likely N-dealkylation sites (tertiary alicyclic amines) is 1. The molecule has 6 heteroatoms. The maximum Gasteiger partial charge on any atom is 0.238 e. The van der Waals surface area contributed by atoms with Crippen LogP contribution in [0.2, 0.25) is 0 Å². The fourth-order valence-corrected chi connectivity index (χ4v) is 3.25. The quantitative estimate of drug-likeness (QED) is 0.716. The van der Waals surface area contributed by atoms with Crippen LogP contribution in [0.3, 0.4) is 0 Å². The third kappa shape index (κ3) is 5.73. The Kier molecular flexibility index (Phi) is 8.55. The molecule has 3 N–H and O–H groups in total. The highest BCUT2D eigenvalue weighted by Crippen LogP contribution is 2.20. The lowest BCUT2D eigenvalue weighted by atomic mass is 9.99. The Balaban J connectivity index is 0.00000220. The summed E-state index contributed by atoms with van der Waals surface area (Å²) in [7, 11) is 0. The first-order chi connectivity index (χ1) is 9.70. The van der Waals surface area contributed by atoms with Gasteiger partial charge in [0.15, 0.2) is 0 Å². The Morgan fingerprint density at radius 3 is 2.86 bits per heavy atom. The highest BCUT2D eigenvalue weighted by molar-refractivity contribution is 14.1. The molecule has 0 bridgehead atoms. The zero-order valence-corrected chi connectivity index (χ0v) is 15.0. The van der Waals surface area contributed by atoms with Crippen LogP contribution in [0.15, 0.2) is 24.3 Å². The highest BCUT2D eigenvalue weighted by atomic mass is 127. The van der Waals surface area contributed by atoms with E-state index in [0.29, 0.717) is 19.1 Å². The second-order valence-electron chi connectivity index (χ2n) is 5.23. The van der Waals surface area contributed by atoms with Gasteiger partial charge in [-0.2, -0.15) is 0 Å². The minimum Gasteiger partial charge on any atom is -0.330 e. The Hall–Kier alpha value is -0.370. The minimum atomic E-state index is 0. The van der Waals surface area contributed by atoms with E-state index in [1.165, 1.54) is 12.8 Å². The van der Waals surface area contributed by atoms with Crippen molar-refractivity contribution in [2.24, 2.45) is 5.73 Å². The van der Waals surface area contributed by atoms with Crippen molar-refractivity contribution in [1.82, 2.24) is 4.90 Å². The number of carbonyl (C=O) groups excluding carboxylic acids is 1. The number of halogens is 2. The van der Waals surface area contributed by atoms with Crippen molar-refractivity contribution < 1.29 is 4.79 Å². The van der Waals surface area contributed by atoms with E-state index in [2.05, 4.69) is 32.8 Å². The summed E-state index contributed by atoms with van der Waals surface area (Å²) in [5, 5.41) is 3.00. The Morgan fingerprint density at radius 1 is 1.38 bits per heavy atom. The van der Waals surface area contributed by atoms with Crippen molar-refractivity contribution >= 4 is 46.6 Å². The molecule has 0 aromatic heterocycles. The molecular formula is C15H23ClIN3O. The van der Waals surface area contributed by atoms with E-state index in [9.17, 15) is 4.79 Å². The summed E-state index contributed by atoms with van der Waals surface area (Å²) in [4.78, 5) is 14.5. The lowest BCUT2D eigenvalue weighted by molar-refractivity contribution is -0.118. The van der Waals surface area contributed by atoms with E-state index in [-0.39, 0.29) is 18.3 Å². The first-order valence-electron chi connectivity index (χ1n) is 7.19. The number of hydrogen-bond acceptors (Lipinski definition) is 3. The van der Waals surface area contributed by atoms with Crippen LogP contribution in [0.5, 0.6) is 0 Å². The average Bonchev–Trinajstić information content (AvgIpc) is 2.44. The topological polar surface area (TPSA) is 58.4 Å². The zero-order chi connectivity index (χ0) is 14.4. The number of amides is 1. The minimum absolute atomic E-state index is 0.